The van der Waals surface area contributed by atoms with Crippen molar-refractivity contribution in [2.75, 3.05) is 5.32 Å². The molecule has 1 aliphatic carbocycles. The molecule has 4 aromatic rings. The monoisotopic (exact) mass is 457 g/mol. The number of hydrogen-bond acceptors (Lipinski definition) is 5. The maximum absolute atomic E-state index is 13.7. The first-order chi connectivity index (χ1) is 15.5. The van der Waals surface area contributed by atoms with E-state index in [0.29, 0.717) is 21.2 Å². The van der Waals surface area contributed by atoms with Crippen LogP contribution in [0.1, 0.15) is 31.8 Å². The van der Waals surface area contributed by atoms with Crippen molar-refractivity contribution in [3.8, 4) is 5.75 Å². The van der Waals surface area contributed by atoms with Gasteiger partial charge in [-0.2, -0.15) is 0 Å². The molecule has 5 rings (SSSR count). The average molecular weight is 458 g/mol. The second-order valence-corrected chi connectivity index (χ2v) is 8.82. The van der Waals surface area contributed by atoms with E-state index in [1.807, 2.05) is 48.5 Å². The molecule has 2 N–H and O–H groups in total. The number of hydrogen-bond donors (Lipinski definition) is 2. The molecule has 0 radical (unpaired) electrons. The summed E-state index contributed by atoms with van der Waals surface area (Å²) >= 11 is 7.38. The van der Waals surface area contributed by atoms with Crippen LogP contribution in [0.25, 0.3) is 0 Å². The third-order valence-corrected chi connectivity index (χ3v) is 6.55. The lowest BCUT2D eigenvalue weighted by atomic mass is 9.82. The van der Waals surface area contributed by atoms with E-state index in [1.54, 1.807) is 30.3 Å². The van der Waals surface area contributed by atoms with Crippen LogP contribution < -0.4 is 5.32 Å². The van der Waals surface area contributed by atoms with E-state index in [4.69, 9.17) is 11.6 Å². The second kappa shape index (κ2) is 8.19. The lowest BCUT2D eigenvalue weighted by Crippen LogP contribution is -2.23. The summed E-state index contributed by atoms with van der Waals surface area (Å²) < 4.78 is 0. The summed E-state index contributed by atoms with van der Waals surface area (Å²) in [5.74, 6) is -0.887. The number of phenols is 1. The van der Waals surface area contributed by atoms with Gasteiger partial charge in [0.2, 0.25) is 0 Å². The van der Waals surface area contributed by atoms with Crippen LogP contribution >= 0.6 is 23.4 Å². The maximum atomic E-state index is 13.7. The smallest absolute Gasteiger partial charge is 0.198 e. The van der Waals surface area contributed by atoms with Gasteiger partial charge in [0.15, 0.2) is 11.6 Å². The summed E-state index contributed by atoms with van der Waals surface area (Å²) in [6.45, 7) is 0. The van der Waals surface area contributed by atoms with Gasteiger partial charge in [-0.3, -0.25) is 9.59 Å². The highest BCUT2D eigenvalue weighted by molar-refractivity contribution is 7.99. The first-order valence-electron chi connectivity index (χ1n) is 9.87. The van der Waals surface area contributed by atoms with Crippen molar-refractivity contribution in [3.05, 3.63) is 112 Å². The van der Waals surface area contributed by atoms with Crippen LogP contribution in [0.15, 0.2) is 94.7 Å². The van der Waals surface area contributed by atoms with E-state index in [-0.39, 0.29) is 34.0 Å². The predicted octanol–water partition coefficient (Wildman–Crippen LogP) is 6.72. The Labute approximate surface area is 193 Å². The number of anilines is 2. The summed E-state index contributed by atoms with van der Waals surface area (Å²) in [6.07, 6.45) is 0. The van der Waals surface area contributed by atoms with Gasteiger partial charge >= 0.3 is 0 Å². The lowest BCUT2D eigenvalue weighted by Gasteiger charge is -2.23. The average Bonchev–Trinajstić information content (AvgIpc) is 2.80. The van der Waals surface area contributed by atoms with Crippen LogP contribution in [0.3, 0.4) is 0 Å². The first-order valence-corrected chi connectivity index (χ1v) is 11.1. The molecule has 4 aromatic carbocycles. The molecular formula is C26H16ClNO3S. The van der Waals surface area contributed by atoms with Gasteiger partial charge in [-0.1, -0.05) is 53.7 Å². The number of nitrogens with one attached hydrogen (secondary N) is 1. The van der Waals surface area contributed by atoms with Crippen LogP contribution in [-0.2, 0) is 0 Å². The topological polar surface area (TPSA) is 66.4 Å². The Balaban J connectivity index is 1.64. The molecule has 0 heterocycles. The summed E-state index contributed by atoms with van der Waals surface area (Å²) in [5, 5.41) is 14.3. The van der Waals surface area contributed by atoms with Crippen molar-refractivity contribution < 1.29 is 14.7 Å². The molecule has 0 fully saturated rings. The number of carbonyl (C=O) groups excluding carboxylic acids is 2. The third-order valence-electron chi connectivity index (χ3n) is 5.23. The Bertz CT molecular complexity index is 1370. The fourth-order valence-electron chi connectivity index (χ4n) is 3.77. The summed E-state index contributed by atoms with van der Waals surface area (Å²) in [6, 6.07) is 24.9. The minimum absolute atomic E-state index is 0.0251. The molecule has 0 bridgehead atoms. The van der Waals surface area contributed by atoms with Crippen molar-refractivity contribution in [2.45, 2.75) is 9.79 Å². The molecule has 0 saturated heterocycles. The number of fused-ring (bicyclic) bond motifs is 2. The number of para-hydroxylation sites is 1. The summed E-state index contributed by atoms with van der Waals surface area (Å²) in [7, 11) is 0. The van der Waals surface area contributed by atoms with Crippen molar-refractivity contribution in [1.29, 1.82) is 0 Å². The lowest BCUT2D eigenvalue weighted by molar-refractivity contribution is 0.0975. The van der Waals surface area contributed by atoms with Gasteiger partial charge in [0, 0.05) is 31.6 Å². The van der Waals surface area contributed by atoms with Gasteiger partial charge in [-0.05, 0) is 54.6 Å². The molecule has 1 aliphatic rings. The summed E-state index contributed by atoms with van der Waals surface area (Å²) in [4.78, 5) is 28.7. The number of carbonyl (C=O) groups is 2. The zero-order chi connectivity index (χ0) is 22.2. The van der Waals surface area contributed by atoms with Crippen LogP contribution in [0, 0.1) is 0 Å². The van der Waals surface area contributed by atoms with Crippen LogP contribution in [0.4, 0.5) is 11.4 Å². The van der Waals surface area contributed by atoms with Crippen molar-refractivity contribution in [2.24, 2.45) is 0 Å². The highest BCUT2D eigenvalue weighted by Crippen LogP contribution is 2.42. The normalized spacial score (nSPS) is 12.3. The van der Waals surface area contributed by atoms with Gasteiger partial charge in [0.05, 0.1) is 16.8 Å². The van der Waals surface area contributed by atoms with E-state index in [2.05, 4.69) is 5.32 Å². The quantitative estimate of drug-likeness (QED) is 0.293. The molecule has 32 heavy (non-hydrogen) atoms. The Morgan fingerprint density at radius 2 is 1.47 bits per heavy atom. The molecule has 0 aromatic heterocycles. The van der Waals surface area contributed by atoms with Crippen LogP contribution in [0.5, 0.6) is 5.75 Å². The van der Waals surface area contributed by atoms with Gasteiger partial charge < -0.3 is 10.4 Å². The SMILES string of the molecule is O=C1c2cccc(Sc3ccc(Cl)cc3)c2C(=O)c2c(Nc3ccccc3)ccc(O)c21. The molecule has 0 spiro atoms. The molecule has 0 aliphatic heterocycles. The standard InChI is InChI=1S/C26H16ClNO3S/c27-15-9-11-17(12-10-15)32-21-8-4-7-18-22(21)26(31)23-19(28-16-5-2-1-3-6-16)13-14-20(29)24(23)25(18)30/h1-14,28-29H. The number of halogens is 1. The summed E-state index contributed by atoms with van der Waals surface area (Å²) in [5.41, 5.74) is 2.07. The van der Waals surface area contributed by atoms with E-state index < -0.39 is 0 Å². The van der Waals surface area contributed by atoms with Crippen LogP contribution in [-0.4, -0.2) is 16.7 Å². The fourth-order valence-corrected chi connectivity index (χ4v) is 4.87. The third kappa shape index (κ3) is 3.55. The minimum atomic E-state index is -0.373. The molecular weight excluding hydrogens is 442 g/mol. The number of phenolic OH excluding ortho intramolecular Hbond substituents is 1. The number of ketones is 2. The highest BCUT2D eigenvalue weighted by Gasteiger charge is 2.36. The van der Waals surface area contributed by atoms with Gasteiger partial charge in [-0.15, -0.1) is 0 Å². The Kier molecular flexibility index (Phi) is 5.21. The molecule has 0 unspecified atom stereocenters. The van der Waals surface area contributed by atoms with Crippen molar-refractivity contribution in [1.82, 2.24) is 0 Å². The molecule has 156 valence electrons. The number of benzene rings is 4. The van der Waals surface area contributed by atoms with Crippen molar-refractivity contribution in [3.63, 3.8) is 0 Å². The van der Waals surface area contributed by atoms with E-state index >= 15 is 0 Å². The van der Waals surface area contributed by atoms with Crippen LogP contribution in [0.2, 0.25) is 5.02 Å². The van der Waals surface area contributed by atoms with Crippen molar-refractivity contribution >= 4 is 46.3 Å². The Morgan fingerprint density at radius 3 is 2.22 bits per heavy atom. The highest BCUT2D eigenvalue weighted by atomic mass is 35.5. The first kappa shape index (κ1) is 20.4. The van der Waals surface area contributed by atoms with E-state index in [9.17, 15) is 14.7 Å². The second-order valence-electron chi connectivity index (χ2n) is 7.27. The molecule has 6 heteroatoms. The largest absolute Gasteiger partial charge is 0.507 e. The molecule has 0 atom stereocenters. The molecule has 4 nitrogen and oxygen atoms in total. The van der Waals surface area contributed by atoms with E-state index in [0.717, 1.165) is 10.6 Å². The fraction of sp³-hybridized carbons (Fsp3) is 0. The Morgan fingerprint density at radius 1 is 0.719 bits per heavy atom. The predicted molar refractivity (Wildman–Crippen MR) is 127 cm³/mol. The number of aromatic hydroxyl groups is 1. The molecule has 0 saturated carbocycles. The Hall–Kier alpha value is -3.54. The number of rotatable bonds is 4. The molecule has 0 amide bonds. The van der Waals surface area contributed by atoms with Gasteiger partial charge in [0.1, 0.15) is 5.75 Å². The maximum Gasteiger partial charge on any atom is 0.198 e. The zero-order valence-corrected chi connectivity index (χ0v) is 18.2. The minimum Gasteiger partial charge on any atom is -0.507 e. The van der Waals surface area contributed by atoms with Gasteiger partial charge in [-0.25, -0.2) is 0 Å². The van der Waals surface area contributed by atoms with E-state index in [1.165, 1.54) is 17.8 Å². The van der Waals surface area contributed by atoms with Gasteiger partial charge in [0.25, 0.3) is 0 Å². The zero-order valence-electron chi connectivity index (χ0n) is 16.6.